The molecule has 1 aromatic rings. The Bertz CT molecular complexity index is 583. The van der Waals surface area contributed by atoms with Crippen LogP contribution in [0, 0.1) is 5.92 Å². The van der Waals surface area contributed by atoms with Gasteiger partial charge in [0, 0.05) is 56.3 Å². The number of likely N-dealkylation sites (tertiary alicyclic amines) is 1. The van der Waals surface area contributed by atoms with Crippen LogP contribution in [0.3, 0.4) is 0 Å². The first kappa shape index (κ1) is 23.2. The van der Waals surface area contributed by atoms with Crippen molar-refractivity contribution in [1.82, 2.24) is 15.5 Å². The number of nitrogens with one attached hydrogen (secondary N) is 2. The maximum Gasteiger partial charge on any atom is 0.251 e. The van der Waals surface area contributed by atoms with Gasteiger partial charge in [-0.2, -0.15) is 0 Å². The van der Waals surface area contributed by atoms with Crippen molar-refractivity contribution >= 4 is 51.8 Å². The van der Waals surface area contributed by atoms with E-state index in [4.69, 9.17) is 4.74 Å². The molecule has 6 nitrogen and oxygen atoms in total. The highest BCUT2D eigenvalue weighted by atomic mass is 127. The molecule has 1 aromatic carbocycles. The molecule has 2 rings (SSSR count). The number of benzene rings is 1. The fourth-order valence-electron chi connectivity index (χ4n) is 2.92. The standard InChI is InChI=1S/C18H27BrN4O2.HI/c1-20-18(23-11-8-14(12-23)13-25-2)22-10-3-9-21-17(24)15-4-6-16(19)7-5-15;/h4-7,14H,3,8-13H2,1-2H3,(H,20,22)(H,21,24);1H. The lowest BCUT2D eigenvalue weighted by molar-refractivity contribution is 0.0953. The lowest BCUT2D eigenvalue weighted by Crippen LogP contribution is -2.41. The van der Waals surface area contributed by atoms with Gasteiger partial charge in [0.25, 0.3) is 5.91 Å². The predicted molar refractivity (Wildman–Crippen MR) is 119 cm³/mol. The van der Waals surface area contributed by atoms with Gasteiger partial charge < -0.3 is 20.3 Å². The van der Waals surface area contributed by atoms with Crippen molar-refractivity contribution in [3.8, 4) is 0 Å². The number of rotatable bonds is 7. The Labute approximate surface area is 181 Å². The maximum absolute atomic E-state index is 12.0. The summed E-state index contributed by atoms with van der Waals surface area (Å²) in [5, 5.41) is 6.31. The number of nitrogens with zero attached hydrogens (tertiary/aromatic N) is 2. The van der Waals surface area contributed by atoms with Gasteiger partial charge >= 0.3 is 0 Å². The monoisotopic (exact) mass is 538 g/mol. The van der Waals surface area contributed by atoms with Crippen molar-refractivity contribution in [2.24, 2.45) is 10.9 Å². The number of carbonyl (C=O) groups is 1. The zero-order valence-electron chi connectivity index (χ0n) is 15.3. The van der Waals surface area contributed by atoms with Crippen molar-refractivity contribution in [2.45, 2.75) is 12.8 Å². The molecular formula is C18H28BrIN4O2. The van der Waals surface area contributed by atoms with E-state index in [1.807, 2.05) is 24.3 Å². The van der Waals surface area contributed by atoms with Crippen LogP contribution in [-0.4, -0.2) is 63.7 Å². The molecule has 1 aliphatic heterocycles. The largest absolute Gasteiger partial charge is 0.384 e. The van der Waals surface area contributed by atoms with Gasteiger partial charge in [-0.1, -0.05) is 15.9 Å². The van der Waals surface area contributed by atoms with E-state index in [0.29, 0.717) is 18.0 Å². The summed E-state index contributed by atoms with van der Waals surface area (Å²) in [5.74, 6) is 1.46. The third-order valence-electron chi connectivity index (χ3n) is 4.23. The fourth-order valence-corrected chi connectivity index (χ4v) is 3.19. The fraction of sp³-hybridized carbons (Fsp3) is 0.556. The molecule has 1 atom stereocenters. The van der Waals surface area contributed by atoms with Gasteiger partial charge in [-0.3, -0.25) is 9.79 Å². The normalized spacial score (nSPS) is 17.0. The van der Waals surface area contributed by atoms with Crippen LogP contribution in [0.1, 0.15) is 23.2 Å². The SMILES string of the molecule is CN=C(NCCCNC(=O)c1ccc(Br)cc1)N1CCC(COC)C1.I. The summed E-state index contributed by atoms with van der Waals surface area (Å²) in [4.78, 5) is 18.6. The van der Waals surface area contributed by atoms with Gasteiger partial charge in [-0.25, -0.2) is 0 Å². The van der Waals surface area contributed by atoms with Crippen LogP contribution >= 0.6 is 39.9 Å². The molecule has 0 aliphatic carbocycles. The highest BCUT2D eigenvalue weighted by Gasteiger charge is 2.24. The van der Waals surface area contributed by atoms with Crippen LogP contribution < -0.4 is 10.6 Å². The quantitative estimate of drug-likeness (QED) is 0.242. The molecule has 26 heavy (non-hydrogen) atoms. The van der Waals surface area contributed by atoms with E-state index in [1.165, 1.54) is 0 Å². The topological polar surface area (TPSA) is 66.0 Å². The third-order valence-corrected chi connectivity index (χ3v) is 4.76. The van der Waals surface area contributed by atoms with E-state index in [-0.39, 0.29) is 29.9 Å². The molecule has 1 saturated heterocycles. The summed E-state index contributed by atoms with van der Waals surface area (Å²) < 4.78 is 6.20. The molecule has 0 spiro atoms. The summed E-state index contributed by atoms with van der Waals surface area (Å²) >= 11 is 3.37. The van der Waals surface area contributed by atoms with Crippen LogP contribution in [0.5, 0.6) is 0 Å². The molecule has 1 aliphatic rings. The van der Waals surface area contributed by atoms with Gasteiger partial charge in [0.1, 0.15) is 0 Å². The van der Waals surface area contributed by atoms with E-state index in [9.17, 15) is 4.79 Å². The molecule has 1 heterocycles. The Morgan fingerprint density at radius 2 is 2.00 bits per heavy atom. The Morgan fingerprint density at radius 1 is 1.31 bits per heavy atom. The highest BCUT2D eigenvalue weighted by Crippen LogP contribution is 2.16. The molecule has 8 heteroatoms. The van der Waals surface area contributed by atoms with Crippen LogP contribution in [0.4, 0.5) is 0 Å². The highest BCUT2D eigenvalue weighted by molar-refractivity contribution is 14.0. The summed E-state index contributed by atoms with van der Waals surface area (Å²) in [6.45, 7) is 4.20. The number of aliphatic imine (C=N–C) groups is 1. The maximum atomic E-state index is 12.0. The summed E-state index contributed by atoms with van der Waals surface area (Å²) in [7, 11) is 3.56. The second-order valence-corrected chi connectivity index (χ2v) is 7.06. The molecule has 0 bridgehead atoms. The van der Waals surface area contributed by atoms with Crippen LogP contribution in [0.15, 0.2) is 33.7 Å². The Hall–Kier alpha value is -0.870. The minimum atomic E-state index is -0.0427. The van der Waals surface area contributed by atoms with Crippen LogP contribution in [0.2, 0.25) is 0 Å². The van der Waals surface area contributed by atoms with E-state index in [0.717, 1.165) is 49.5 Å². The molecule has 0 radical (unpaired) electrons. The number of halogens is 2. The second kappa shape index (κ2) is 12.5. The van der Waals surface area contributed by atoms with Gasteiger partial charge in [-0.05, 0) is 37.1 Å². The number of hydrogen-bond donors (Lipinski definition) is 2. The van der Waals surface area contributed by atoms with E-state index >= 15 is 0 Å². The molecule has 146 valence electrons. The first-order valence-electron chi connectivity index (χ1n) is 8.62. The number of carbonyl (C=O) groups excluding carboxylic acids is 1. The Morgan fingerprint density at radius 3 is 2.65 bits per heavy atom. The lowest BCUT2D eigenvalue weighted by Gasteiger charge is -2.21. The van der Waals surface area contributed by atoms with Gasteiger partial charge in [0.2, 0.25) is 0 Å². The molecule has 1 fully saturated rings. The molecule has 1 amide bonds. The van der Waals surface area contributed by atoms with Gasteiger partial charge in [0.15, 0.2) is 5.96 Å². The smallest absolute Gasteiger partial charge is 0.251 e. The molecule has 2 N–H and O–H groups in total. The van der Waals surface area contributed by atoms with Crippen molar-refractivity contribution in [3.63, 3.8) is 0 Å². The average molecular weight is 539 g/mol. The summed E-state index contributed by atoms with van der Waals surface area (Å²) in [6, 6.07) is 7.35. The first-order chi connectivity index (χ1) is 12.1. The van der Waals surface area contributed by atoms with E-state index < -0.39 is 0 Å². The molecule has 0 aromatic heterocycles. The van der Waals surface area contributed by atoms with Gasteiger partial charge in [0.05, 0.1) is 6.61 Å². The first-order valence-corrected chi connectivity index (χ1v) is 9.41. The van der Waals surface area contributed by atoms with Crippen LogP contribution in [0.25, 0.3) is 0 Å². The van der Waals surface area contributed by atoms with Gasteiger partial charge in [-0.15, -0.1) is 24.0 Å². The van der Waals surface area contributed by atoms with Crippen molar-refractivity contribution in [1.29, 1.82) is 0 Å². The number of methoxy groups -OCH3 is 1. The zero-order chi connectivity index (χ0) is 18.1. The third kappa shape index (κ3) is 7.40. The van der Waals surface area contributed by atoms with Crippen molar-refractivity contribution < 1.29 is 9.53 Å². The molecule has 0 saturated carbocycles. The Kier molecular flexibility index (Phi) is 11.1. The minimum absolute atomic E-state index is 0. The number of hydrogen-bond acceptors (Lipinski definition) is 3. The van der Waals surface area contributed by atoms with Crippen LogP contribution in [-0.2, 0) is 4.74 Å². The van der Waals surface area contributed by atoms with Crippen molar-refractivity contribution in [3.05, 3.63) is 34.3 Å². The number of guanidine groups is 1. The molecule has 1 unspecified atom stereocenters. The minimum Gasteiger partial charge on any atom is -0.384 e. The average Bonchev–Trinajstić information content (AvgIpc) is 3.07. The number of ether oxygens (including phenoxy) is 1. The molecular weight excluding hydrogens is 511 g/mol. The second-order valence-electron chi connectivity index (χ2n) is 6.15. The predicted octanol–water partition coefficient (Wildman–Crippen LogP) is 2.73. The van der Waals surface area contributed by atoms with E-state index in [1.54, 1.807) is 14.2 Å². The Balaban J connectivity index is 0.00000338. The zero-order valence-corrected chi connectivity index (χ0v) is 19.2. The summed E-state index contributed by atoms with van der Waals surface area (Å²) in [6.07, 6.45) is 1.98. The summed E-state index contributed by atoms with van der Waals surface area (Å²) in [5.41, 5.74) is 0.674. The van der Waals surface area contributed by atoms with E-state index in [2.05, 4.69) is 36.5 Å². The lowest BCUT2D eigenvalue weighted by atomic mass is 10.1. The van der Waals surface area contributed by atoms with Crippen molar-refractivity contribution in [2.75, 3.05) is 46.9 Å². The number of amides is 1.